The fraction of sp³-hybridized carbons (Fsp3) is 0.250. The van der Waals surface area contributed by atoms with Crippen molar-refractivity contribution >= 4 is 46.4 Å². The Morgan fingerprint density at radius 2 is 1.86 bits per heavy atom. The van der Waals surface area contributed by atoms with E-state index in [1.54, 1.807) is 35.2 Å². The maximum atomic E-state index is 12.2. The Kier molecular flexibility index (Phi) is 5.84. The highest BCUT2D eigenvalue weighted by molar-refractivity contribution is 6.44. The zero-order valence-corrected chi connectivity index (χ0v) is 16.3. The van der Waals surface area contributed by atoms with Crippen LogP contribution in [0.5, 0.6) is 5.75 Å². The quantitative estimate of drug-likeness (QED) is 0.769. The number of nitrogens with zero attached hydrogens (tertiary/aromatic N) is 1. The predicted octanol–water partition coefficient (Wildman–Crippen LogP) is 3.36. The maximum Gasteiger partial charge on any atom is 0.314 e. The highest BCUT2D eigenvalue weighted by atomic mass is 35.5. The molecule has 0 spiro atoms. The maximum absolute atomic E-state index is 12.2. The van der Waals surface area contributed by atoms with Gasteiger partial charge in [0.1, 0.15) is 5.75 Å². The van der Waals surface area contributed by atoms with E-state index in [1.165, 1.54) is 13.2 Å². The van der Waals surface area contributed by atoms with Crippen LogP contribution in [0, 0.1) is 6.92 Å². The van der Waals surface area contributed by atoms with Gasteiger partial charge < -0.3 is 20.3 Å². The van der Waals surface area contributed by atoms with Crippen molar-refractivity contribution in [2.24, 2.45) is 0 Å². The van der Waals surface area contributed by atoms with Crippen LogP contribution in [0.15, 0.2) is 36.4 Å². The fourth-order valence-corrected chi connectivity index (χ4v) is 3.26. The van der Waals surface area contributed by atoms with Gasteiger partial charge in [-0.2, -0.15) is 0 Å². The summed E-state index contributed by atoms with van der Waals surface area (Å²) < 4.78 is 5.15. The number of ether oxygens (including phenoxy) is 1. The summed E-state index contributed by atoms with van der Waals surface area (Å²) in [7, 11) is 1.45. The molecular weight excluding hydrogens is 382 g/mol. The second kappa shape index (κ2) is 8.31. The van der Waals surface area contributed by atoms with Gasteiger partial charge in [0.25, 0.3) is 0 Å². The molecule has 0 aromatic heterocycles. The van der Waals surface area contributed by atoms with Crippen molar-refractivity contribution in [2.75, 3.05) is 29.2 Å². The number of aryl methyl sites for hydroxylation is 1. The molecule has 8 heteroatoms. The molecule has 0 aliphatic carbocycles. The number of nitrogens with one attached hydrogen (secondary N) is 2. The summed E-state index contributed by atoms with van der Waals surface area (Å²) in [5.74, 6) is -1.20. The SMILES string of the molecule is COc1ccc(Cl)cc1NC(=O)C(=O)Nc1ccc(N2CCCC2=O)c(C)c1. The van der Waals surface area contributed by atoms with Gasteiger partial charge in [-0.1, -0.05) is 11.6 Å². The van der Waals surface area contributed by atoms with E-state index in [2.05, 4.69) is 10.6 Å². The van der Waals surface area contributed by atoms with Crippen LogP contribution < -0.4 is 20.3 Å². The number of halogens is 1. The number of carbonyl (C=O) groups is 3. The van der Waals surface area contributed by atoms with Gasteiger partial charge in [-0.05, 0) is 55.3 Å². The molecule has 1 fully saturated rings. The number of rotatable bonds is 4. The van der Waals surface area contributed by atoms with Crippen molar-refractivity contribution in [3.8, 4) is 5.75 Å². The third kappa shape index (κ3) is 4.26. The van der Waals surface area contributed by atoms with Crippen LogP contribution in [0.4, 0.5) is 17.1 Å². The minimum atomic E-state index is -0.850. The minimum Gasteiger partial charge on any atom is -0.495 e. The first-order valence-corrected chi connectivity index (χ1v) is 9.13. The number of methoxy groups -OCH3 is 1. The summed E-state index contributed by atoms with van der Waals surface area (Å²) in [6, 6.07) is 9.87. The molecule has 3 rings (SSSR count). The van der Waals surface area contributed by atoms with Crippen molar-refractivity contribution in [3.05, 3.63) is 47.0 Å². The molecule has 2 aromatic carbocycles. The van der Waals surface area contributed by atoms with Crippen LogP contribution in [0.2, 0.25) is 5.02 Å². The molecule has 1 aliphatic heterocycles. The van der Waals surface area contributed by atoms with Gasteiger partial charge in [0.05, 0.1) is 12.8 Å². The first-order valence-electron chi connectivity index (χ1n) is 8.76. The molecule has 2 aromatic rings. The van der Waals surface area contributed by atoms with E-state index < -0.39 is 11.8 Å². The second-order valence-electron chi connectivity index (χ2n) is 6.40. The van der Waals surface area contributed by atoms with E-state index in [-0.39, 0.29) is 5.91 Å². The lowest BCUT2D eigenvalue weighted by atomic mass is 10.1. The standard InChI is InChI=1S/C20H20ClN3O4/c1-12-10-14(6-7-16(12)24-9-3-4-18(24)25)22-19(26)20(27)23-15-11-13(21)5-8-17(15)28-2/h5-8,10-11H,3-4,9H2,1-2H3,(H,22,26)(H,23,27). The molecule has 1 aliphatic rings. The number of carbonyl (C=O) groups excluding carboxylic acids is 3. The van der Waals surface area contributed by atoms with Gasteiger partial charge in [-0.25, -0.2) is 0 Å². The molecule has 7 nitrogen and oxygen atoms in total. The molecule has 1 heterocycles. The molecule has 0 saturated carbocycles. The lowest BCUT2D eigenvalue weighted by Gasteiger charge is -2.19. The predicted molar refractivity (Wildman–Crippen MR) is 108 cm³/mol. The van der Waals surface area contributed by atoms with Gasteiger partial charge in [-0.15, -0.1) is 0 Å². The van der Waals surface area contributed by atoms with E-state index in [0.29, 0.717) is 35.1 Å². The Morgan fingerprint density at radius 3 is 2.50 bits per heavy atom. The third-order valence-electron chi connectivity index (χ3n) is 4.43. The Hall–Kier alpha value is -3.06. The van der Waals surface area contributed by atoms with Crippen molar-refractivity contribution in [2.45, 2.75) is 19.8 Å². The molecule has 0 atom stereocenters. The molecule has 0 radical (unpaired) electrons. The zero-order chi connectivity index (χ0) is 20.3. The van der Waals surface area contributed by atoms with Gasteiger partial charge in [0.2, 0.25) is 5.91 Å². The molecule has 0 unspecified atom stereocenters. The largest absolute Gasteiger partial charge is 0.495 e. The van der Waals surface area contributed by atoms with E-state index in [4.69, 9.17) is 16.3 Å². The number of hydrogen-bond donors (Lipinski definition) is 2. The van der Waals surface area contributed by atoms with E-state index in [9.17, 15) is 14.4 Å². The summed E-state index contributed by atoms with van der Waals surface area (Å²) >= 11 is 5.93. The summed E-state index contributed by atoms with van der Waals surface area (Å²) in [4.78, 5) is 38.1. The summed E-state index contributed by atoms with van der Waals surface area (Å²) in [5, 5.41) is 5.44. The van der Waals surface area contributed by atoms with E-state index in [1.807, 2.05) is 6.92 Å². The highest BCUT2D eigenvalue weighted by Crippen LogP contribution is 2.29. The molecule has 28 heavy (non-hydrogen) atoms. The van der Waals surface area contributed by atoms with Gasteiger partial charge >= 0.3 is 11.8 Å². The van der Waals surface area contributed by atoms with Crippen LogP contribution in [0.1, 0.15) is 18.4 Å². The third-order valence-corrected chi connectivity index (χ3v) is 4.67. The highest BCUT2D eigenvalue weighted by Gasteiger charge is 2.23. The van der Waals surface area contributed by atoms with Crippen molar-refractivity contribution in [1.82, 2.24) is 0 Å². The first-order chi connectivity index (χ1) is 13.4. The Balaban J connectivity index is 1.69. The molecule has 3 amide bonds. The van der Waals surface area contributed by atoms with Crippen LogP contribution in [-0.2, 0) is 14.4 Å². The molecule has 146 valence electrons. The number of anilines is 3. The topological polar surface area (TPSA) is 87.7 Å². The minimum absolute atomic E-state index is 0.0923. The van der Waals surface area contributed by atoms with E-state index in [0.717, 1.165) is 17.7 Å². The van der Waals surface area contributed by atoms with Crippen LogP contribution in [-0.4, -0.2) is 31.4 Å². The summed E-state index contributed by atoms with van der Waals surface area (Å²) in [6.45, 7) is 2.54. The zero-order valence-electron chi connectivity index (χ0n) is 15.5. The van der Waals surface area contributed by atoms with Crippen LogP contribution in [0.3, 0.4) is 0 Å². The average Bonchev–Trinajstić information content (AvgIpc) is 3.07. The lowest BCUT2D eigenvalue weighted by molar-refractivity contribution is -0.133. The fourth-order valence-electron chi connectivity index (χ4n) is 3.08. The van der Waals surface area contributed by atoms with Gasteiger partial charge in [0.15, 0.2) is 0 Å². The number of benzene rings is 2. The monoisotopic (exact) mass is 401 g/mol. The normalized spacial score (nSPS) is 13.4. The van der Waals surface area contributed by atoms with Crippen molar-refractivity contribution in [1.29, 1.82) is 0 Å². The van der Waals surface area contributed by atoms with E-state index >= 15 is 0 Å². The van der Waals surface area contributed by atoms with Crippen LogP contribution in [0.25, 0.3) is 0 Å². The second-order valence-corrected chi connectivity index (χ2v) is 6.84. The lowest BCUT2D eigenvalue weighted by Crippen LogP contribution is -2.29. The molecule has 2 N–H and O–H groups in total. The first kappa shape index (κ1) is 19.7. The molecular formula is C20H20ClN3O4. The molecule has 0 bridgehead atoms. The van der Waals surface area contributed by atoms with Gasteiger partial charge in [-0.3, -0.25) is 14.4 Å². The summed E-state index contributed by atoms with van der Waals surface area (Å²) in [6.07, 6.45) is 1.38. The average molecular weight is 402 g/mol. The number of amides is 3. The molecule has 1 saturated heterocycles. The summed E-state index contributed by atoms with van der Waals surface area (Å²) in [5.41, 5.74) is 2.42. The Bertz CT molecular complexity index is 945. The Labute approximate surface area is 167 Å². The smallest absolute Gasteiger partial charge is 0.314 e. The Morgan fingerprint density at radius 1 is 1.11 bits per heavy atom. The van der Waals surface area contributed by atoms with Crippen molar-refractivity contribution in [3.63, 3.8) is 0 Å². The van der Waals surface area contributed by atoms with Crippen molar-refractivity contribution < 1.29 is 19.1 Å². The number of hydrogen-bond acceptors (Lipinski definition) is 4. The van der Waals surface area contributed by atoms with Gasteiger partial charge in [0, 0.05) is 29.4 Å². The van der Waals surface area contributed by atoms with Crippen LogP contribution >= 0.6 is 11.6 Å².